The van der Waals surface area contributed by atoms with Gasteiger partial charge in [-0.1, -0.05) is 30.3 Å². The first-order chi connectivity index (χ1) is 15.0. The summed E-state index contributed by atoms with van der Waals surface area (Å²) in [7, 11) is 0. The normalized spacial score (nSPS) is 14.2. The van der Waals surface area contributed by atoms with E-state index in [0.717, 1.165) is 16.8 Å². The second-order valence-corrected chi connectivity index (χ2v) is 6.98. The largest absolute Gasteiger partial charge is 0.465 e. The number of anilines is 1. The Bertz CT molecular complexity index is 989. The third-order valence-corrected chi connectivity index (χ3v) is 4.97. The number of rotatable bonds is 6. The molecule has 31 heavy (non-hydrogen) atoms. The third kappa shape index (κ3) is 6.03. The number of hydrogen-bond donors (Lipinski definition) is 3. The molecule has 8 heteroatoms. The van der Waals surface area contributed by atoms with E-state index in [-0.39, 0.29) is 5.78 Å². The molecule has 1 aliphatic rings. The summed E-state index contributed by atoms with van der Waals surface area (Å²) in [4.78, 5) is 37.9. The molecule has 3 N–H and O–H groups in total. The summed E-state index contributed by atoms with van der Waals surface area (Å²) in [5.74, 6) is -0.728. The van der Waals surface area contributed by atoms with Crippen LogP contribution in [-0.2, 0) is 4.79 Å². The second-order valence-electron chi connectivity index (χ2n) is 6.98. The van der Waals surface area contributed by atoms with Gasteiger partial charge < -0.3 is 14.9 Å². The number of benzene rings is 2. The van der Waals surface area contributed by atoms with E-state index in [1.54, 1.807) is 36.4 Å². The van der Waals surface area contributed by atoms with Crippen molar-refractivity contribution in [2.75, 3.05) is 31.1 Å². The van der Waals surface area contributed by atoms with Crippen LogP contribution in [0, 0.1) is 0 Å². The van der Waals surface area contributed by atoms with Crippen molar-refractivity contribution in [1.29, 1.82) is 0 Å². The van der Waals surface area contributed by atoms with Gasteiger partial charge in [0.1, 0.15) is 0 Å². The molecule has 0 aromatic heterocycles. The lowest BCUT2D eigenvalue weighted by atomic mass is 10.1. The van der Waals surface area contributed by atoms with Gasteiger partial charge in [0.15, 0.2) is 5.78 Å². The molecule has 0 spiro atoms. The van der Waals surface area contributed by atoms with Crippen LogP contribution >= 0.6 is 0 Å². The number of carbonyl (C=O) groups excluding carboxylic acids is 2. The first-order valence-corrected chi connectivity index (χ1v) is 9.74. The fraction of sp³-hybridized carbons (Fsp3) is 0.174. The molecule has 2 aromatic rings. The molecule has 0 bridgehead atoms. The number of nitrogens with zero attached hydrogens (tertiary/aromatic N) is 2. The lowest BCUT2D eigenvalue weighted by molar-refractivity contribution is -0.124. The Morgan fingerprint density at radius 1 is 0.806 bits per heavy atom. The molecule has 3 rings (SSSR count). The average molecular weight is 421 g/mol. The Morgan fingerprint density at radius 3 is 1.87 bits per heavy atom. The summed E-state index contributed by atoms with van der Waals surface area (Å²) >= 11 is 0. The van der Waals surface area contributed by atoms with Crippen LogP contribution in [0.1, 0.15) is 21.5 Å². The van der Waals surface area contributed by atoms with E-state index in [1.807, 2.05) is 24.3 Å². The first kappa shape index (κ1) is 21.8. The van der Waals surface area contributed by atoms with Crippen LogP contribution in [0.25, 0.3) is 12.2 Å². The number of nitrogens with one attached hydrogen (secondary N) is 1. The van der Waals surface area contributed by atoms with E-state index in [0.29, 0.717) is 31.7 Å². The molecule has 1 heterocycles. The van der Waals surface area contributed by atoms with E-state index in [2.05, 4.69) is 4.90 Å². The first-order valence-electron chi connectivity index (χ1n) is 9.74. The van der Waals surface area contributed by atoms with Gasteiger partial charge in [-0.2, -0.15) is 0 Å². The van der Waals surface area contributed by atoms with Crippen LogP contribution in [0.2, 0.25) is 0 Å². The van der Waals surface area contributed by atoms with Crippen molar-refractivity contribution in [3.05, 3.63) is 77.4 Å². The highest BCUT2D eigenvalue weighted by Crippen LogP contribution is 2.18. The molecule has 1 aliphatic heterocycles. The van der Waals surface area contributed by atoms with E-state index in [1.165, 1.54) is 22.5 Å². The summed E-state index contributed by atoms with van der Waals surface area (Å²) < 4.78 is 0. The van der Waals surface area contributed by atoms with E-state index in [9.17, 15) is 14.4 Å². The average Bonchev–Trinajstić information content (AvgIpc) is 2.81. The minimum Gasteiger partial charge on any atom is -0.465 e. The van der Waals surface area contributed by atoms with Gasteiger partial charge in [0.2, 0.25) is 0 Å². The summed E-state index contributed by atoms with van der Waals surface area (Å²) in [6, 6.07) is 14.5. The number of carbonyl (C=O) groups is 3. The molecule has 8 nitrogen and oxygen atoms in total. The molecular weight excluding hydrogens is 398 g/mol. The van der Waals surface area contributed by atoms with Crippen LogP contribution in [-0.4, -0.2) is 59.2 Å². The predicted molar refractivity (Wildman–Crippen MR) is 117 cm³/mol. The Hall–Kier alpha value is -3.91. The fourth-order valence-corrected chi connectivity index (χ4v) is 3.19. The minimum absolute atomic E-state index is 0.120. The second kappa shape index (κ2) is 10.2. The lowest BCUT2D eigenvalue weighted by Gasteiger charge is -2.34. The number of hydroxylamine groups is 1. The van der Waals surface area contributed by atoms with Gasteiger partial charge in [-0.3, -0.25) is 14.8 Å². The Labute approximate surface area is 179 Å². The predicted octanol–water partition coefficient (Wildman–Crippen LogP) is 2.90. The van der Waals surface area contributed by atoms with Crippen molar-refractivity contribution in [3.8, 4) is 0 Å². The highest BCUT2D eigenvalue weighted by Gasteiger charge is 2.20. The van der Waals surface area contributed by atoms with Crippen LogP contribution in [0.4, 0.5) is 10.5 Å². The van der Waals surface area contributed by atoms with E-state index >= 15 is 0 Å². The molecule has 0 atom stereocenters. The summed E-state index contributed by atoms with van der Waals surface area (Å²) in [6.07, 6.45) is 5.10. The molecule has 2 amide bonds. The maximum atomic E-state index is 12.4. The molecule has 0 saturated carbocycles. The molecule has 160 valence electrons. The molecule has 0 aliphatic carbocycles. The van der Waals surface area contributed by atoms with Crippen molar-refractivity contribution in [3.63, 3.8) is 0 Å². The summed E-state index contributed by atoms with van der Waals surface area (Å²) in [5.41, 5.74) is 4.67. The van der Waals surface area contributed by atoms with Crippen LogP contribution in [0.15, 0.2) is 60.7 Å². The van der Waals surface area contributed by atoms with Gasteiger partial charge in [-0.25, -0.2) is 10.3 Å². The number of amides is 2. The van der Waals surface area contributed by atoms with Gasteiger partial charge in [0.25, 0.3) is 5.91 Å². The number of piperazine rings is 1. The minimum atomic E-state index is -0.896. The van der Waals surface area contributed by atoms with Crippen molar-refractivity contribution in [2.24, 2.45) is 0 Å². The topological polar surface area (TPSA) is 110 Å². The molecule has 1 saturated heterocycles. The van der Waals surface area contributed by atoms with Crippen molar-refractivity contribution in [1.82, 2.24) is 10.4 Å². The van der Waals surface area contributed by atoms with Crippen molar-refractivity contribution >= 4 is 35.6 Å². The number of hydrogen-bond acceptors (Lipinski definition) is 5. The van der Waals surface area contributed by atoms with Crippen LogP contribution in [0.5, 0.6) is 0 Å². The van der Waals surface area contributed by atoms with E-state index in [4.69, 9.17) is 10.3 Å². The quantitative estimate of drug-likeness (QED) is 0.286. The standard InChI is InChI=1S/C23H23N3O5/c27-21(11-5-17-1-3-18(4-2-17)6-12-22(28)24-31)19-7-9-20(10-8-19)25-13-15-26(16-14-25)23(29)30/h1-12,31H,13-16H2,(H,24,28)(H,29,30). The van der Waals surface area contributed by atoms with Crippen molar-refractivity contribution in [2.45, 2.75) is 0 Å². The Morgan fingerprint density at radius 2 is 1.35 bits per heavy atom. The molecule has 0 radical (unpaired) electrons. The molecule has 1 fully saturated rings. The highest BCUT2D eigenvalue weighted by molar-refractivity contribution is 6.07. The maximum absolute atomic E-state index is 12.4. The highest BCUT2D eigenvalue weighted by atomic mass is 16.5. The zero-order chi connectivity index (χ0) is 22.2. The fourth-order valence-electron chi connectivity index (χ4n) is 3.19. The third-order valence-electron chi connectivity index (χ3n) is 4.97. The zero-order valence-electron chi connectivity index (χ0n) is 16.8. The lowest BCUT2D eigenvalue weighted by Crippen LogP contribution is -2.48. The van der Waals surface area contributed by atoms with Crippen LogP contribution in [0.3, 0.4) is 0 Å². The van der Waals surface area contributed by atoms with Crippen LogP contribution < -0.4 is 10.4 Å². The number of carboxylic acid groups (broad SMARTS) is 1. The van der Waals surface area contributed by atoms with Gasteiger partial charge in [-0.05, 0) is 47.5 Å². The smallest absolute Gasteiger partial charge is 0.407 e. The molecular formula is C23H23N3O5. The SMILES string of the molecule is O=C(C=Cc1ccc(C=CC(=O)c2ccc(N3CCN(C(=O)O)CC3)cc2)cc1)NO. The van der Waals surface area contributed by atoms with E-state index < -0.39 is 12.0 Å². The van der Waals surface area contributed by atoms with Gasteiger partial charge in [0, 0.05) is 43.5 Å². The van der Waals surface area contributed by atoms with Gasteiger partial charge in [-0.15, -0.1) is 0 Å². The van der Waals surface area contributed by atoms with Gasteiger partial charge in [0.05, 0.1) is 0 Å². The molecule has 0 unspecified atom stereocenters. The maximum Gasteiger partial charge on any atom is 0.407 e. The van der Waals surface area contributed by atoms with Crippen molar-refractivity contribution < 1.29 is 24.7 Å². The zero-order valence-corrected chi connectivity index (χ0v) is 16.8. The number of allylic oxidation sites excluding steroid dienone is 1. The summed E-state index contributed by atoms with van der Waals surface area (Å²) in [6.45, 7) is 2.16. The summed E-state index contributed by atoms with van der Waals surface area (Å²) in [5, 5.41) is 17.5. The number of ketones is 1. The Kier molecular flexibility index (Phi) is 7.18. The monoisotopic (exact) mass is 421 g/mol. The van der Waals surface area contributed by atoms with Gasteiger partial charge >= 0.3 is 6.09 Å². The molecule has 2 aromatic carbocycles. The Balaban J connectivity index is 1.57.